The molecule has 0 aliphatic carbocycles. The molecule has 1 rings (SSSR count). The molecular formula is C24H41NO3. The van der Waals surface area contributed by atoms with Gasteiger partial charge in [0.2, 0.25) is 0 Å². The molecule has 4 nitrogen and oxygen atoms in total. The lowest BCUT2D eigenvalue weighted by atomic mass is 10.1. The van der Waals surface area contributed by atoms with Crippen molar-refractivity contribution in [2.75, 3.05) is 18.5 Å². The molecule has 0 atom stereocenters. The van der Waals surface area contributed by atoms with Crippen molar-refractivity contribution in [2.45, 2.75) is 104 Å². The van der Waals surface area contributed by atoms with E-state index in [0.717, 1.165) is 19.4 Å². The third kappa shape index (κ3) is 10.1. The van der Waals surface area contributed by atoms with Gasteiger partial charge in [0.15, 0.2) is 5.75 Å². The van der Waals surface area contributed by atoms with Crippen LogP contribution in [0.15, 0.2) is 21.7 Å². The maximum atomic E-state index is 11.5. The molecule has 0 aromatic heterocycles. The minimum Gasteiger partial charge on any atom is -0.488 e. The van der Waals surface area contributed by atoms with Crippen LogP contribution in [-0.4, -0.2) is 13.2 Å². The van der Waals surface area contributed by atoms with E-state index < -0.39 is 10.9 Å². The molecule has 160 valence electrons. The fourth-order valence-corrected chi connectivity index (χ4v) is 3.40. The van der Waals surface area contributed by atoms with Crippen molar-refractivity contribution in [2.24, 2.45) is 0 Å². The number of anilines is 1. The first kappa shape index (κ1) is 24.5. The van der Waals surface area contributed by atoms with Crippen LogP contribution in [-0.2, 0) is 0 Å². The van der Waals surface area contributed by atoms with Crippen molar-refractivity contribution >= 4 is 5.69 Å². The smallest absolute Gasteiger partial charge is 0.272 e. The van der Waals surface area contributed by atoms with Crippen LogP contribution in [0.5, 0.6) is 5.75 Å². The Labute approximate surface area is 171 Å². The minimum absolute atomic E-state index is 0.218. The Kier molecular flexibility index (Phi) is 14.3. The van der Waals surface area contributed by atoms with Crippen molar-refractivity contribution in [3.63, 3.8) is 0 Å². The zero-order valence-corrected chi connectivity index (χ0v) is 18.2. The summed E-state index contributed by atoms with van der Waals surface area (Å²) >= 11 is 0. The highest BCUT2D eigenvalue weighted by Crippen LogP contribution is 2.17. The first-order chi connectivity index (χ1) is 13.7. The second-order valence-electron chi connectivity index (χ2n) is 7.66. The number of ether oxygens (including phenoxy) is 1. The van der Waals surface area contributed by atoms with E-state index in [2.05, 4.69) is 24.4 Å². The maximum absolute atomic E-state index is 11.5. The molecule has 0 unspecified atom stereocenters. The number of unbranched alkanes of at least 4 members (excludes halogenated alkanes) is 12. The van der Waals surface area contributed by atoms with E-state index in [0.29, 0.717) is 12.3 Å². The molecule has 1 aromatic rings. The molecule has 0 amide bonds. The normalized spacial score (nSPS) is 11.5. The van der Waals surface area contributed by atoms with Crippen LogP contribution in [0.1, 0.15) is 104 Å². The highest BCUT2D eigenvalue weighted by Gasteiger charge is 2.21. The van der Waals surface area contributed by atoms with Gasteiger partial charge in [-0.15, -0.1) is 0 Å². The Morgan fingerprint density at radius 2 is 1.25 bits per heavy atom. The molecule has 0 aliphatic heterocycles. The summed E-state index contributed by atoms with van der Waals surface area (Å²) < 4.78 is 5.20. The molecular weight excluding hydrogens is 350 g/mol. The van der Waals surface area contributed by atoms with Crippen LogP contribution in [0.3, 0.4) is 0 Å². The molecule has 0 bridgehead atoms. The Hall–Kier alpha value is -1.58. The minimum atomic E-state index is -0.496. The van der Waals surface area contributed by atoms with Gasteiger partial charge in [0.1, 0.15) is 5.69 Å². The molecule has 0 aliphatic rings. The fourth-order valence-electron chi connectivity index (χ4n) is 3.40. The van der Waals surface area contributed by atoms with Crippen LogP contribution in [0, 0.1) is 0 Å². The van der Waals surface area contributed by atoms with Crippen LogP contribution >= 0.6 is 0 Å². The lowest BCUT2D eigenvalue weighted by molar-refractivity contribution is 0.334. The summed E-state index contributed by atoms with van der Waals surface area (Å²) in [4.78, 5) is 22.9. The molecule has 0 saturated heterocycles. The molecule has 0 heterocycles. The molecule has 0 fully saturated rings. The van der Waals surface area contributed by atoms with Gasteiger partial charge >= 0.3 is 0 Å². The monoisotopic (exact) mass is 391 g/mol. The molecule has 1 N–H and O–H groups in total. The van der Waals surface area contributed by atoms with E-state index in [1.807, 2.05) is 6.92 Å². The number of hydrogen-bond donors (Lipinski definition) is 1. The number of allylic oxidation sites excluding steroid dienone is 2. The van der Waals surface area contributed by atoms with Crippen molar-refractivity contribution in [1.82, 2.24) is 0 Å². The van der Waals surface area contributed by atoms with E-state index in [1.165, 1.54) is 77.0 Å². The highest BCUT2D eigenvalue weighted by atomic mass is 16.5. The van der Waals surface area contributed by atoms with Crippen LogP contribution in [0.25, 0.3) is 0 Å². The second-order valence-corrected chi connectivity index (χ2v) is 7.66. The van der Waals surface area contributed by atoms with Gasteiger partial charge in [-0.3, -0.25) is 9.59 Å². The van der Waals surface area contributed by atoms with Gasteiger partial charge in [-0.05, 0) is 39.0 Å². The SMILES string of the molecule is CCCCCCCCCC=CCCCCCCCNc1c(OCC)c(=O)c1=O. The molecule has 0 radical (unpaired) electrons. The quantitative estimate of drug-likeness (QED) is 0.175. The zero-order valence-electron chi connectivity index (χ0n) is 18.2. The Bertz CT molecular complexity index is 599. The van der Waals surface area contributed by atoms with Gasteiger partial charge in [0.25, 0.3) is 10.9 Å². The third-order valence-electron chi connectivity index (χ3n) is 5.15. The fraction of sp³-hybridized carbons (Fsp3) is 0.750. The van der Waals surface area contributed by atoms with Gasteiger partial charge in [-0.1, -0.05) is 76.9 Å². The van der Waals surface area contributed by atoms with Gasteiger partial charge in [-0.25, -0.2) is 0 Å². The second kappa shape index (κ2) is 16.4. The predicted molar refractivity (Wildman–Crippen MR) is 120 cm³/mol. The topological polar surface area (TPSA) is 55.4 Å². The maximum Gasteiger partial charge on any atom is 0.272 e. The van der Waals surface area contributed by atoms with Gasteiger partial charge in [0.05, 0.1) is 6.61 Å². The molecule has 0 spiro atoms. The first-order valence-corrected chi connectivity index (χ1v) is 11.6. The summed E-state index contributed by atoms with van der Waals surface area (Å²) in [5.74, 6) is 0.218. The van der Waals surface area contributed by atoms with Gasteiger partial charge < -0.3 is 10.1 Å². The predicted octanol–water partition coefficient (Wildman–Crippen LogP) is 6.13. The van der Waals surface area contributed by atoms with E-state index in [-0.39, 0.29) is 5.75 Å². The molecule has 0 saturated carbocycles. The number of nitrogens with one attached hydrogen (secondary N) is 1. The zero-order chi connectivity index (χ0) is 20.5. The summed E-state index contributed by atoms with van der Waals surface area (Å²) in [6.07, 6.45) is 22.7. The molecule has 28 heavy (non-hydrogen) atoms. The first-order valence-electron chi connectivity index (χ1n) is 11.6. The average molecular weight is 392 g/mol. The largest absolute Gasteiger partial charge is 0.488 e. The van der Waals surface area contributed by atoms with Crippen LogP contribution in [0.2, 0.25) is 0 Å². The van der Waals surface area contributed by atoms with Crippen molar-refractivity contribution < 1.29 is 4.74 Å². The Morgan fingerprint density at radius 3 is 1.82 bits per heavy atom. The third-order valence-corrected chi connectivity index (χ3v) is 5.15. The summed E-state index contributed by atoms with van der Waals surface area (Å²) in [6.45, 7) is 5.21. The number of rotatable bonds is 19. The summed E-state index contributed by atoms with van der Waals surface area (Å²) in [7, 11) is 0. The molecule has 4 heteroatoms. The van der Waals surface area contributed by atoms with Gasteiger partial charge in [-0.2, -0.15) is 0 Å². The van der Waals surface area contributed by atoms with Gasteiger partial charge in [0, 0.05) is 6.54 Å². The van der Waals surface area contributed by atoms with E-state index in [9.17, 15) is 9.59 Å². The number of hydrogen-bond acceptors (Lipinski definition) is 4. The lowest BCUT2D eigenvalue weighted by Gasteiger charge is -2.12. The Morgan fingerprint density at radius 1 is 0.714 bits per heavy atom. The van der Waals surface area contributed by atoms with Crippen LogP contribution in [0.4, 0.5) is 5.69 Å². The summed E-state index contributed by atoms with van der Waals surface area (Å²) in [6, 6.07) is 0. The Balaban J connectivity index is 1.87. The average Bonchev–Trinajstić information content (AvgIpc) is 2.71. The highest BCUT2D eigenvalue weighted by molar-refractivity contribution is 5.61. The van der Waals surface area contributed by atoms with E-state index in [4.69, 9.17) is 4.74 Å². The summed E-state index contributed by atoms with van der Waals surface area (Å²) in [5, 5.41) is 3.06. The van der Waals surface area contributed by atoms with Crippen LogP contribution < -0.4 is 20.9 Å². The lowest BCUT2D eigenvalue weighted by Crippen LogP contribution is -2.36. The van der Waals surface area contributed by atoms with E-state index in [1.54, 1.807) is 0 Å². The van der Waals surface area contributed by atoms with Crippen molar-refractivity contribution in [3.8, 4) is 5.75 Å². The standard InChI is InChI=1S/C24H41NO3/c1-3-5-6-7-8-9-10-11-12-13-14-15-16-17-18-19-20-25-21-22(26)23(27)24(21)28-4-2/h12-13,25H,3-11,14-20H2,1-2H3. The van der Waals surface area contributed by atoms with Crippen molar-refractivity contribution in [1.29, 1.82) is 0 Å². The van der Waals surface area contributed by atoms with E-state index >= 15 is 0 Å². The summed E-state index contributed by atoms with van der Waals surface area (Å²) in [5.41, 5.74) is -0.561. The molecule has 1 aromatic carbocycles. The van der Waals surface area contributed by atoms with Crippen molar-refractivity contribution in [3.05, 3.63) is 32.6 Å².